The van der Waals surface area contributed by atoms with E-state index in [-0.39, 0.29) is 24.8 Å². The number of amides is 2. The lowest BCUT2D eigenvalue weighted by Crippen LogP contribution is -2.24. The Bertz CT molecular complexity index is 930. The van der Waals surface area contributed by atoms with E-state index in [1.54, 1.807) is 11.6 Å². The number of aryl methyl sites for hydroxylation is 1. The average molecular weight is 336 g/mol. The average Bonchev–Trinajstić information content (AvgIpc) is 2.92. The molecule has 25 heavy (non-hydrogen) atoms. The Balaban J connectivity index is 1.87. The zero-order chi connectivity index (χ0) is 17.8. The number of nitrogens with one attached hydrogen (secondary N) is 2. The Labute approximate surface area is 145 Å². The first-order valence-electron chi connectivity index (χ1n) is 8.08. The summed E-state index contributed by atoms with van der Waals surface area (Å²) < 4.78 is 1.79. The van der Waals surface area contributed by atoms with Gasteiger partial charge >= 0.3 is 0 Å². The van der Waals surface area contributed by atoms with E-state index in [1.807, 2.05) is 55.5 Å². The molecule has 3 aromatic rings. The zero-order valence-corrected chi connectivity index (χ0v) is 14.2. The van der Waals surface area contributed by atoms with Crippen molar-refractivity contribution in [2.75, 3.05) is 12.4 Å². The number of nitrogens with zero attached hydrogens (tertiary/aromatic N) is 2. The van der Waals surface area contributed by atoms with E-state index in [1.165, 1.54) is 0 Å². The fraction of sp³-hybridized carbons (Fsp3) is 0.211. The molecule has 0 aliphatic carbocycles. The van der Waals surface area contributed by atoms with Gasteiger partial charge in [0.1, 0.15) is 12.4 Å². The van der Waals surface area contributed by atoms with Crippen LogP contribution < -0.4 is 10.6 Å². The van der Waals surface area contributed by atoms with Crippen LogP contribution in [0.15, 0.2) is 48.5 Å². The Morgan fingerprint density at radius 1 is 1.08 bits per heavy atom. The van der Waals surface area contributed by atoms with Gasteiger partial charge in [0.15, 0.2) is 0 Å². The van der Waals surface area contributed by atoms with Crippen LogP contribution in [0.1, 0.15) is 11.4 Å². The van der Waals surface area contributed by atoms with Gasteiger partial charge in [0, 0.05) is 12.7 Å². The molecule has 1 heterocycles. The molecule has 0 spiro atoms. The molecule has 0 atom stereocenters. The van der Waals surface area contributed by atoms with Gasteiger partial charge in [-0.3, -0.25) is 9.59 Å². The molecule has 3 rings (SSSR count). The second-order valence-electron chi connectivity index (χ2n) is 5.87. The van der Waals surface area contributed by atoms with Crippen LogP contribution in [0, 0.1) is 6.92 Å². The lowest BCUT2D eigenvalue weighted by molar-refractivity contribution is -0.120. The molecule has 0 aliphatic rings. The number of carbonyl (C=O) groups excluding carboxylic acids is 2. The van der Waals surface area contributed by atoms with Crippen molar-refractivity contribution in [3.05, 3.63) is 59.9 Å². The van der Waals surface area contributed by atoms with Gasteiger partial charge in [0.2, 0.25) is 11.8 Å². The summed E-state index contributed by atoms with van der Waals surface area (Å²) in [4.78, 5) is 28.7. The van der Waals surface area contributed by atoms with E-state index < -0.39 is 0 Å². The molecular formula is C19H20N4O2. The Kier molecular flexibility index (Phi) is 4.79. The lowest BCUT2D eigenvalue weighted by atomic mass is 10.2. The van der Waals surface area contributed by atoms with Crippen LogP contribution in [0.5, 0.6) is 0 Å². The van der Waals surface area contributed by atoms with Crippen molar-refractivity contribution in [3.8, 4) is 0 Å². The number of imidazole rings is 1. The standard InChI is InChI=1S/C19H20N4O2/c1-13-6-5-7-14(10-13)21-19(25)12-23-16-9-4-3-8-15(16)22-17(23)11-18(24)20-2/h3-10H,11-12H2,1-2H3,(H,20,24)(H,21,25). The van der Waals surface area contributed by atoms with Crippen molar-refractivity contribution in [3.63, 3.8) is 0 Å². The summed E-state index contributed by atoms with van der Waals surface area (Å²) in [6.07, 6.45) is 0.128. The van der Waals surface area contributed by atoms with Crippen molar-refractivity contribution in [2.24, 2.45) is 0 Å². The van der Waals surface area contributed by atoms with Crippen LogP contribution in [-0.4, -0.2) is 28.4 Å². The number of fused-ring (bicyclic) bond motifs is 1. The molecule has 128 valence electrons. The van der Waals surface area contributed by atoms with Crippen LogP contribution in [0.2, 0.25) is 0 Å². The number of para-hydroxylation sites is 2. The molecule has 0 saturated carbocycles. The highest BCUT2D eigenvalue weighted by Crippen LogP contribution is 2.17. The van der Waals surface area contributed by atoms with E-state index in [2.05, 4.69) is 15.6 Å². The van der Waals surface area contributed by atoms with Crippen molar-refractivity contribution >= 4 is 28.5 Å². The molecule has 2 amide bonds. The molecule has 0 radical (unpaired) electrons. The van der Waals surface area contributed by atoms with Gasteiger partial charge in [-0.05, 0) is 36.8 Å². The van der Waals surface area contributed by atoms with Crippen molar-refractivity contribution < 1.29 is 9.59 Å². The largest absolute Gasteiger partial charge is 0.359 e. The molecular weight excluding hydrogens is 316 g/mol. The predicted octanol–water partition coefficient (Wildman–Crippen LogP) is 2.27. The van der Waals surface area contributed by atoms with E-state index in [0.717, 1.165) is 22.3 Å². The van der Waals surface area contributed by atoms with E-state index >= 15 is 0 Å². The number of likely N-dealkylation sites (N-methyl/N-ethyl adjacent to an activating group) is 1. The number of hydrogen-bond donors (Lipinski definition) is 2. The first-order chi connectivity index (χ1) is 12.1. The first kappa shape index (κ1) is 16.7. The third kappa shape index (κ3) is 3.85. The maximum absolute atomic E-state index is 12.5. The van der Waals surface area contributed by atoms with Crippen molar-refractivity contribution in [1.82, 2.24) is 14.9 Å². The smallest absolute Gasteiger partial charge is 0.244 e. The highest BCUT2D eigenvalue weighted by atomic mass is 16.2. The van der Waals surface area contributed by atoms with E-state index in [9.17, 15) is 9.59 Å². The normalized spacial score (nSPS) is 10.6. The molecule has 6 nitrogen and oxygen atoms in total. The number of anilines is 1. The zero-order valence-electron chi connectivity index (χ0n) is 14.2. The summed E-state index contributed by atoms with van der Waals surface area (Å²) in [5, 5.41) is 5.48. The predicted molar refractivity (Wildman–Crippen MR) is 97.3 cm³/mol. The number of carbonyl (C=O) groups is 2. The fourth-order valence-electron chi connectivity index (χ4n) is 2.74. The minimum atomic E-state index is -0.160. The maximum atomic E-state index is 12.5. The Hall–Kier alpha value is -3.15. The SMILES string of the molecule is CNC(=O)Cc1nc2ccccc2n1CC(=O)Nc1cccc(C)c1. The molecule has 0 saturated heterocycles. The number of benzene rings is 2. The third-order valence-corrected chi connectivity index (χ3v) is 3.93. The van der Waals surface area contributed by atoms with Crippen LogP contribution in [0.25, 0.3) is 11.0 Å². The van der Waals surface area contributed by atoms with Crippen molar-refractivity contribution in [2.45, 2.75) is 19.9 Å². The topological polar surface area (TPSA) is 76.0 Å². The molecule has 0 bridgehead atoms. The molecule has 6 heteroatoms. The van der Waals surface area contributed by atoms with Gasteiger partial charge in [0.25, 0.3) is 0 Å². The molecule has 0 aliphatic heterocycles. The minimum Gasteiger partial charge on any atom is -0.359 e. The quantitative estimate of drug-likeness (QED) is 0.750. The third-order valence-electron chi connectivity index (χ3n) is 3.93. The van der Waals surface area contributed by atoms with Gasteiger partial charge in [-0.1, -0.05) is 24.3 Å². The summed E-state index contributed by atoms with van der Waals surface area (Å²) in [5.41, 5.74) is 3.43. The Morgan fingerprint density at radius 2 is 1.88 bits per heavy atom. The summed E-state index contributed by atoms with van der Waals surface area (Å²) in [6, 6.07) is 15.2. The number of aromatic nitrogens is 2. The highest BCUT2D eigenvalue weighted by molar-refractivity contribution is 5.92. The summed E-state index contributed by atoms with van der Waals surface area (Å²) in [6.45, 7) is 2.07. The fourth-order valence-corrected chi connectivity index (χ4v) is 2.74. The van der Waals surface area contributed by atoms with Gasteiger partial charge in [-0.25, -0.2) is 4.98 Å². The molecule has 0 unspecified atom stereocenters. The molecule has 0 fully saturated rings. The monoisotopic (exact) mass is 336 g/mol. The van der Waals surface area contributed by atoms with Gasteiger partial charge in [-0.2, -0.15) is 0 Å². The Morgan fingerprint density at radius 3 is 2.64 bits per heavy atom. The molecule has 2 N–H and O–H groups in total. The van der Waals surface area contributed by atoms with Gasteiger partial charge < -0.3 is 15.2 Å². The van der Waals surface area contributed by atoms with Crippen LogP contribution in [-0.2, 0) is 22.6 Å². The maximum Gasteiger partial charge on any atom is 0.244 e. The van der Waals surface area contributed by atoms with E-state index in [0.29, 0.717) is 5.82 Å². The summed E-state index contributed by atoms with van der Waals surface area (Å²) >= 11 is 0. The summed E-state index contributed by atoms with van der Waals surface area (Å²) in [7, 11) is 1.58. The number of hydrogen-bond acceptors (Lipinski definition) is 3. The van der Waals surface area contributed by atoms with Gasteiger partial charge in [-0.15, -0.1) is 0 Å². The molecule has 2 aromatic carbocycles. The molecule has 1 aromatic heterocycles. The van der Waals surface area contributed by atoms with Crippen molar-refractivity contribution in [1.29, 1.82) is 0 Å². The minimum absolute atomic E-state index is 0.0980. The van der Waals surface area contributed by atoms with Gasteiger partial charge in [0.05, 0.1) is 17.5 Å². The number of rotatable bonds is 5. The first-order valence-corrected chi connectivity index (χ1v) is 8.08. The van der Waals surface area contributed by atoms with Crippen LogP contribution in [0.3, 0.4) is 0 Å². The second-order valence-corrected chi connectivity index (χ2v) is 5.87. The van der Waals surface area contributed by atoms with Crippen LogP contribution >= 0.6 is 0 Å². The lowest BCUT2D eigenvalue weighted by Gasteiger charge is -2.10. The van der Waals surface area contributed by atoms with E-state index in [4.69, 9.17) is 0 Å². The summed E-state index contributed by atoms with van der Waals surface area (Å²) in [5.74, 6) is 0.266. The second kappa shape index (κ2) is 7.17. The van der Waals surface area contributed by atoms with Crippen LogP contribution in [0.4, 0.5) is 5.69 Å². The highest BCUT2D eigenvalue weighted by Gasteiger charge is 2.15.